The molecule has 7 nitrogen and oxygen atoms in total. The lowest BCUT2D eigenvalue weighted by molar-refractivity contribution is -0.125. The molecule has 2 atom stereocenters. The van der Waals surface area contributed by atoms with E-state index in [1.807, 2.05) is 26.0 Å². The van der Waals surface area contributed by atoms with Crippen LogP contribution >= 0.6 is 11.6 Å². The van der Waals surface area contributed by atoms with Crippen molar-refractivity contribution in [2.45, 2.75) is 25.8 Å². The number of nitrogens with one attached hydrogen (secondary N) is 1. The van der Waals surface area contributed by atoms with Crippen molar-refractivity contribution in [2.24, 2.45) is 5.92 Å². The van der Waals surface area contributed by atoms with Gasteiger partial charge in [0.15, 0.2) is 11.5 Å². The van der Waals surface area contributed by atoms with Gasteiger partial charge in [-0.1, -0.05) is 11.6 Å². The van der Waals surface area contributed by atoms with Gasteiger partial charge in [-0.05, 0) is 55.8 Å². The zero-order valence-electron chi connectivity index (χ0n) is 19.0. The minimum Gasteiger partial charge on any atom is -0.493 e. The van der Waals surface area contributed by atoms with Gasteiger partial charge in [0, 0.05) is 35.6 Å². The molecule has 1 fully saturated rings. The predicted octanol–water partition coefficient (Wildman–Crippen LogP) is 3.75. The normalized spacial score (nSPS) is 17.9. The minimum atomic E-state index is -0.420. The highest BCUT2D eigenvalue weighted by molar-refractivity contribution is 6.30. The first kappa shape index (κ1) is 23.7. The standard InChI is InChI=1S/C24H29ClN2O5/c1-14(2)26-23(28)19-13-27(24(29)15-6-8-17(25)9-7-15)12-18(19)16-10-20(30-3)22(32-5)21(11-16)31-4/h6-11,14,18-19H,12-13H2,1-5H3,(H,26,28)/t18-,19+/m0/s1. The zero-order chi connectivity index (χ0) is 23.4. The van der Waals surface area contributed by atoms with Crippen LogP contribution in [0.2, 0.25) is 5.02 Å². The van der Waals surface area contributed by atoms with Crippen LogP contribution in [0.5, 0.6) is 17.2 Å². The Morgan fingerprint density at radius 2 is 1.59 bits per heavy atom. The Balaban J connectivity index is 1.98. The average molecular weight is 461 g/mol. The number of hydrogen-bond acceptors (Lipinski definition) is 5. The number of carbonyl (C=O) groups excluding carboxylic acids is 2. The number of amides is 2. The van der Waals surface area contributed by atoms with Gasteiger partial charge < -0.3 is 24.4 Å². The van der Waals surface area contributed by atoms with Crippen LogP contribution in [0.3, 0.4) is 0 Å². The minimum absolute atomic E-state index is 0.0101. The summed E-state index contributed by atoms with van der Waals surface area (Å²) in [5, 5.41) is 3.55. The van der Waals surface area contributed by atoms with E-state index >= 15 is 0 Å². The number of nitrogens with zero attached hydrogens (tertiary/aromatic N) is 1. The van der Waals surface area contributed by atoms with Crippen molar-refractivity contribution >= 4 is 23.4 Å². The number of ether oxygens (including phenoxy) is 3. The predicted molar refractivity (Wildman–Crippen MR) is 123 cm³/mol. The molecule has 0 aliphatic carbocycles. The molecule has 1 heterocycles. The highest BCUT2D eigenvalue weighted by Crippen LogP contribution is 2.43. The molecule has 2 aromatic rings. The van der Waals surface area contributed by atoms with Crippen molar-refractivity contribution in [3.8, 4) is 17.2 Å². The Morgan fingerprint density at radius 1 is 1.00 bits per heavy atom. The van der Waals surface area contributed by atoms with Crippen LogP contribution in [0.4, 0.5) is 0 Å². The van der Waals surface area contributed by atoms with Crippen LogP contribution in [0.25, 0.3) is 0 Å². The Bertz CT molecular complexity index is 952. The number of carbonyl (C=O) groups is 2. The van der Waals surface area contributed by atoms with E-state index < -0.39 is 5.92 Å². The third kappa shape index (κ3) is 4.93. The Kier molecular flexibility index (Phi) is 7.51. The molecule has 0 aromatic heterocycles. The molecule has 1 N–H and O–H groups in total. The summed E-state index contributed by atoms with van der Waals surface area (Å²) in [7, 11) is 4.64. The number of methoxy groups -OCH3 is 3. The number of benzene rings is 2. The maximum absolute atomic E-state index is 13.2. The summed E-state index contributed by atoms with van der Waals surface area (Å²) in [6.07, 6.45) is 0. The molecule has 0 saturated carbocycles. The molecular weight excluding hydrogens is 432 g/mol. The van der Waals surface area contributed by atoms with Gasteiger partial charge in [-0.25, -0.2) is 0 Å². The summed E-state index contributed by atoms with van der Waals surface area (Å²) in [6.45, 7) is 4.52. The average Bonchev–Trinajstić information content (AvgIpc) is 3.23. The highest BCUT2D eigenvalue weighted by Gasteiger charge is 2.41. The van der Waals surface area contributed by atoms with E-state index in [0.717, 1.165) is 5.56 Å². The largest absolute Gasteiger partial charge is 0.493 e. The molecule has 0 unspecified atom stereocenters. The molecule has 32 heavy (non-hydrogen) atoms. The van der Waals surface area contributed by atoms with E-state index in [0.29, 0.717) is 40.9 Å². The molecule has 2 amide bonds. The Labute approximate surface area is 193 Å². The lowest BCUT2D eigenvalue weighted by Gasteiger charge is -2.21. The summed E-state index contributed by atoms with van der Waals surface area (Å²) in [5.74, 6) is 0.605. The van der Waals surface area contributed by atoms with Gasteiger partial charge in [0.1, 0.15) is 0 Å². The van der Waals surface area contributed by atoms with Crippen LogP contribution in [0, 0.1) is 5.92 Å². The van der Waals surface area contributed by atoms with E-state index in [1.165, 1.54) is 0 Å². The fourth-order valence-electron chi connectivity index (χ4n) is 4.06. The molecule has 3 rings (SSSR count). The van der Waals surface area contributed by atoms with E-state index in [4.69, 9.17) is 25.8 Å². The van der Waals surface area contributed by atoms with Crippen LogP contribution in [-0.2, 0) is 4.79 Å². The van der Waals surface area contributed by atoms with Crippen molar-refractivity contribution in [3.05, 3.63) is 52.5 Å². The lowest BCUT2D eigenvalue weighted by atomic mass is 9.87. The van der Waals surface area contributed by atoms with Crippen molar-refractivity contribution in [1.82, 2.24) is 10.2 Å². The topological polar surface area (TPSA) is 77.1 Å². The molecule has 172 valence electrons. The number of rotatable bonds is 7. The Hall–Kier alpha value is -2.93. The Morgan fingerprint density at radius 3 is 2.09 bits per heavy atom. The van der Waals surface area contributed by atoms with Gasteiger partial charge in [0.25, 0.3) is 5.91 Å². The van der Waals surface area contributed by atoms with Gasteiger partial charge in [-0.15, -0.1) is 0 Å². The first-order valence-corrected chi connectivity index (χ1v) is 10.8. The van der Waals surface area contributed by atoms with Crippen molar-refractivity contribution < 1.29 is 23.8 Å². The fraction of sp³-hybridized carbons (Fsp3) is 0.417. The molecule has 0 bridgehead atoms. The van der Waals surface area contributed by atoms with Gasteiger partial charge in [0.2, 0.25) is 11.7 Å². The smallest absolute Gasteiger partial charge is 0.253 e. The zero-order valence-corrected chi connectivity index (χ0v) is 19.7. The molecule has 1 aliphatic heterocycles. The second-order valence-corrected chi connectivity index (χ2v) is 8.49. The van der Waals surface area contributed by atoms with Crippen molar-refractivity contribution in [2.75, 3.05) is 34.4 Å². The number of hydrogen-bond donors (Lipinski definition) is 1. The summed E-state index contributed by atoms with van der Waals surface area (Å²) in [5.41, 5.74) is 1.37. The van der Waals surface area contributed by atoms with E-state index in [-0.39, 0.29) is 23.8 Å². The molecule has 1 aliphatic rings. The van der Waals surface area contributed by atoms with Crippen LogP contribution in [0.1, 0.15) is 35.7 Å². The maximum atomic E-state index is 13.2. The van der Waals surface area contributed by atoms with E-state index in [9.17, 15) is 9.59 Å². The van der Waals surface area contributed by atoms with E-state index in [1.54, 1.807) is 50.5 Å². The molecule has 0 radical (unpaired) electrons. The fourth-order valence-corrected chi connectivity index (χ4v) is 4.18. The van der Waals surface area contributed by atoms with Gasteiger partial charge in [0.05, 0.1) is 27.2 Å². The summed E-state index contributed by atoms with van der Waals surface area (Å²) in [6, 6.07) is 10.4. The van der Waals surface area contributed by atoms with Crippen LogP contribution in [0.15, 0.2) is 36.4 Å². The molecule has 2 aromatic carbocycles. The molecule has 1 saturated heterocycles. The van der Waals surface area contributed by atoms with Crippen molar-refractivity contribution in [3.63, 3.8) is 0 Å². The maximum Gasteiger partial charge on any atom is 0.253 e. The number of likely N-dealkylation sites (tertiary alicyclic amines) is 1. The SMILES string of the molecule is COc1cc([C@@H]2CN(C(=O)c3ccc(Cl)cc3)C[C@H]2C(=O)NC(C)C)cc(OC)c1OC. The summed E-state index contributed by atoms with van der Waals surface area (Å²) in [4.78, 5) is 27.9. The molecular formula is C24H29ClN2O5. The third-order valence-electron chi connectivity index (χ3n) is 5.58. The summed E-state index contributed by atoms with van der Waals surface area (Å²) < 4.78 is 16.4. The second-order valence-electron chi connectivity index (χ2n) is 8.05. The quantitative estimate of drug-likeness (QED) is 0.681. The number of halogens is 1. The van der Waals surface area contributed by atoms with Crippen LogP contribution in [-0.4, -0.2) is 57.2 Å². The van der Waals surface area contributed by atoms with Gasteiger partial charge in [-0.3, -0.25) is 9.59 Å². The first-order chi connectivity index (χ1) is 15.3. The summed E-state index contributed by atoms with van der Waals surface area (Å²) >= 11 is 5.96. The third-order valence-corrected chi connectivity index (χ3v) is 5.83. The monoisotopic (exact) mass is 460 g/mol. The van der Waals surface area contributed by atoms with Crippen LogP contribution < -0.4 is 19.5 Å². The van der Waals surface area contributed by atoms with E-state index in [2.05, 4.69) is 5.32 Å². The van der Waals surface area contributed by atoms with Crippen molar-refractivity contribution in [1.29, 1.82) is 0 Å². The first-order valence-electron chi connectivity index (χ1n) is 10.4. The lowest BCUT2D eigenvalue weighted by Crippen LogP contribution is -2.39. The highest BCUT2D eigenvalue weighted by atomic mass is 35.5. The van der Waals surface area contributed by atoms with Gasteiger partial charge >= 0.3 is 0 Å². The molecule has 0 spiro atoms. The second kappa shape index (κ2) is 10.1. The van der Waals surface area contributed by atoms with Gasteiger partial charge in [-0.2, -0.15) is 0 Å². The molecule has 8 heteroatoms.